The van der Waals surface area contributed by atoms with Crippen LogP contribution in [0.2, 0.25) is 5.02 Å². The number of carbonyl (C=O) groups is 2. The number of carbonyl (C=O) groups excluding carboxylic acids is 2. The van der Waals surface area contributed by atoms with E-state index in [0.29, 0.717) is 21.2 Å². The lowest BCUT2D eigenvalue weighted by atomic mass is 10.0. The second kappa shape index (κ2) is 9.62. The van der Waals surface area contributed by atoms with Crippen molar-refractivity contribution in [1.29, 1.82) is 0 Å². The lowest BCUT2D eigenvalue weighted by Crippen LogP contribution is -2.30. The van der Waals surface area contributed by atoms with Crippen LogP contribution in [0.5, 0.6) is 0 Å². The fourth-order valence-electron chi connectivity index (χ4n) is 3.56. The van der Waals surface area contributed by atoms with Crippen molar-refractivity contribution in [3.05, 3.63) is 86.8 Å². The van der Waals surface area contributed by atoms with Crippen LogP contribution in [0.3, 0.4) is 0 Å². The molecular formula is C22H21Cl2N3O2S. The van der Waals surface area contributed by atoms with Crippen LogP contribution in [0.4, 0.5) is 5.00 Å². The number of hydrogen-bond acceptors (Lipinski definition) is 4. The van der Waals surface area contributed by atoms with E-state index >= 15 is 0 Å². The van der Waals surface area contributed by atoms with E-state index in [1.54, 1.807) is 24.3 Å². The van der Waals surface area contributed by atoms with Gasteiger partial charge >= 0.3 is 0 Å². The molecule has 0 radical (unpaired) electrons. The molecule has 5 nitrogen and oxygen atoms in total. The molecule has 0 aliphatic carbocycles. The summed E-state index contributed by atoms with van der Waals surface area (Å²) in [7, 11) is 0. The van der Waals surface area contributed by atoms with Gasteiger partial charge in [-0.2, -0.15) is 0 Å². The van der Waals surface area contributed by atoms with Crippen molar-refractivity contribution in [3.63, 3.8) is 0 Å². The Hall–Kier alpha value is -2.38. The number of nitrogens with one attached hydrogen (secondary N) is 1. The number of rotatable bonds is 5. The molecule has 2 heterocycles. The Kier molecular flexibility index (Phi) is 7.15. The third kappa shape index (κ3) is 4.84. The summed E-state index contributed by atoms with van der Waals surface area (Å²) in [6.07, 6.45) is 0.730. The lowest BCUT2D eigenvalue weighted by molar-refractivity contribution is 0.0999. The molecule has 3 aromatic rings. The van der Waals surface area contributed by atoms with Gasteiger partial charge in [-0.25, -0.2) is 0 Å². The summed E-state index contributed by atoms with van der Waals surface area (Å²) in [5.41, 5.74) is 8.78. The van der Waals surface area contributed by atoms with Gasteiger partial charge in [0.2, 0.25) is 0 Å². The number of anilines is 1. The van der Waals surface area contributed by atoms with Gasteiger partial charge in [0.05, 0.1) is 5.56 Å². The Labute approximate surface area is 190 Å². The first-order valence-electron chi connectivity index (χ1n) is 9.29. The molecule has 0 fully saturated rings. The molecule has 1 aliphatic heterocycles. The smallest absolute Gasteiger partial charge is 0.256 e. The molecule has 2 aromatic carbocycles. The van der Waals surface area contributed by atoms with Crippen molar-refractivity contribution in [2.24, 2.45) is 5.73 Å². The van der Waals surface area contributed by atoms with Crippen LogP contribution in [0.1, 0.15) is 36.7 Å². The number of hydrogen-bond donors (Lipinski definition) is 2. The average Bonchev–Trinajstić information content (AvgIpc) is 3.06. The molecule has 0 spiro atoms. The van der Waals surface area contributed by atoms with Gasteiger partial charge in [0.1, 0.15) is 5.00 Å². The van der Waals surface area contributed by atoms with Crippen molar-refractivity contribution >= 4 is 52.2 Å². The van der Waals surface area contributed by atoms with Crippen LogP contribution in [-0.4, -0.2) is 23.3 Å². The van der Waals surface area contributed by atoms with Crippen molar-refractivity contribution in [1.82, 2.24) is 4.90 Å². The van der Waals surface area contributed by atoms with E-state index in [9.17, 15) is 9.59 Å². The van der Waals surface area contributed by atoms with E-state index in [-0.39, 0.29) is 18.3 Å². The van der Waals surface area contributed by atoms with Crippen LogP contribution in [0, 0.1) is 0 Å². The fourth-order valence-corrected chi connectivity index (χ4v) is 4.97. The molecule has 0 saturated heterocycles. The predicted molar refractivity (Wildman–Crippen MR) is 124 cm³/mol. The Morgan fingerprint density at radius 2 is 1.80 bits per heavy atom. The van der Waals surface area contributed by atoms with Crippen LogP contribution in [0.25, 0.3) is 0 Å². The number of halogens is 2. The Morgan fingerprint density at radius 1 is 1.10 bits per heavy atom. The number of amides is 2. The number of nitrogens with two attached hydrogens (primary N) is 1. The van der Waals surface area contributed by atoms with E-state index in [0.717, 1.165) is 36.5 Å². The standard InChI is InChI=1S/C22H20ClN3O2S.ClH/c23-16-8-6-15(7-9-16)21(28)25-22-19(20(24)27)17-10-11-26(13-18(17)29-22)12-14-4-2-1-3-5-14;/h1-9H,10-13H2,(H2,24,27)(H,25,28);1H. The van der Waals surface area contributed by atoms with E-state index in [1.807, 2.05) is 18.2 Å². The van der Waals surface area contributed by atoms with Crippen LogP contribution in [-0.2, 0) is 19.5 Å². The van der Waals surface area contributed by atoms with Crippen LogP contribution in [0.15, 0.2) is 54.6 Å². The summed E-state index contributed by atoms with van der Waals surface area (Å²) in [6, 6.07) is 16.9. The van der Waals surface area contributed by atoms with E-state index in [2.05, 4.69) is 22.3 Å². The molecule has 30 heavy (non-hydrogen) atoms. The molecule has 1 aliphatic rings. The number of benzene rings is 2. The zero-order valence-corrected chi connectivity index (χ0v) is 18.4. The lowest BCUT2D eigenvalue weighted by Gasteiger charge is -2.27. The second-order valence-corrected chi connectivity index (χ2v) is 8.52. The third-order valence-corrected chi connectivity index (χ3v) is 6.35. The molecule has 8 heteroatoms. The highest BCUT2D eigenvalue weighted by Gasteiger charge is 2.27. The van der Waals surface area contributed by atoms with Gasteiger partial charge in [0.15, 0.2) is 0 Å². The fraction of sp³-hybridized carbons (Fsp3) is 0.182. The summed E-state index contributed by atoms with van der Waals surface area (Å²) in [6.45, 7) is 2.41. The summed E-state index contributed by atoms with van der Waals surface area (Å²) in [5, 5.41) is 3.94. The van der Waals surface area contributed by atoms with Gasteiger partial charge in [0.25, 0.3) is 11.8 Å². The Bertz CT molecular complexity index is 1050. The van der Waals surface area contributed by atoms with Gasteiger partial charge < -0.3 is 11.1 Å². The minimum atomic E-state index is -0.509. The maximum atomic E-state index is 12.6. The molecule has 3 N–H and O–H groups in total. The van der Waals surface area contributed by atoms with E-state index in [4.69, 9.17) is 17.3 Å². The zero-order chi connectivity index (χ0) is 20.4. The SMILES string of the molecule is Cl.NC(=O)c1c(NC(=O)c2ccc(Cl)cc2)sc2c1CCN(Cc1ccccc1)C2. The Balaban J connectivity index is 0.00000256. The van der Waals surface area contributed by atoms with Gasteiger partial charge in [-0.1, -0.05) is 41.9 Å². The minimum Gasteiger partial charge on any atom is -0.365 e. The minimum absolute atomic E-state index is 0. The van der Waals surface area contributed by atoms with Crippen molar-refractivity contribution in [2.45, 2.75) is 19.5 Å². The van der Waals surface area contributed by atoms with Crippen molar-refractivity contribution < 1.29 is 9.59 Å². The van der Waals surface area contributed by atoms with Crippen LogP contribution >= 0.6 is 35.3 Å². The molecule has 0 saturated carbocycles. The molecule has 0 atom stereocenters. The summed E-state index contributed by atoms with van der Waals surface area (Å²) >= 11 is 7.32. The molecule has 0 unspecified atom stereocenters. The summed E-state index contributed by atoms with van der Waals surface area (Å²) in [5.74, 6) is -0.797. The van der Waals surface area contributed by atoms with E-state index in [1.165, 1.54) is 16.9 Å². The first-order chi connectivity index (χ1) is 14.0. The third-order valence-electron chi connectivity index (χ3n) is 4.96. The quantitative estimate of drug-likeness (QED) is 0.576. The normalized spacial score (nSPS) is 13.2. The zero-order valence-electron chi connectivity index (χ0n) is 16.1. The summed E-state index contributed by atoms with van der Waals surface area (Å²) < 4.78 is 0. The molecule has 4 rings (SSSR count). The van der Waals surface area contributed by atoms with Gasteiger partial charge in [-0.15, -0.1) is 23.7 Å². The topological polar surface area (TPSA) is 75.4 Å². The average molecular weight is 462 g/mol. The highest BCUT2D eigenvalue weighted by molar-refractivity contribution is 7.17. The number of nitrogens with zero attached hydrogens (tertiary/aromatic N) is 1. The molecular weight excluding hydrogens is 441 g/mol. The summed E-state index contributed by atoms with van der Waals surface area (Å²) in [4.78, 5) is 28.2. The maximum Gasteiger partial charge on any atom is 0.256 e. The van der Waals surface area contributed by atoms with Gasteiger partial charge in [-0.3, -0.25) is 14.5 Å². The van der Waals surface area contributed by atoms with Crippen LogP contribution < -0.4 is 11.1 Å². The molecule has 0 bridgehead atoms. The van der Waals surface area contributed by atoms with Crippen molar-refractivity contribution in [3.8, 4) is 0 Å². The van der Waals surface area contributed by atoms with E-state index < -0.39 is 5.91 Å². The number of thiophene rings is 1. The molecule has 1 aromatic heterocycles. The predicted octanol–water partition coefficient (Wildman–Crippen LogP) is 4.73. The Morgan fingerprint density at radius 3 is 2.47 bits per heavy atom. The second-order valence-electron chi connectivity index (χ2n) is 6.98. The largest absolute Gasteiger partial charge is 0.365 e. The monoisotopic (exact) mass is 461 g/mol. The van der Waals surface area contributed by atoms with Gasteiger partial charge in [0, 0.05) is 35.1 Å². The molecule has 2 amide bonds. The molecule has 156 valence electrons. The number of fused-ring (bicyclic) bond motifs is 1. The van der Waals surface area contributed by atoms with Crippen molar-refractivity contribution in [2.75, 3.05) is 11.9 Å². The first-order valence-corrected chi connectivity index (χ1v) is 10.5. The highest BCUT2D eigenvalue weighted by Crippen LogP contribution is 2.37. The first kappa shape index (κ1) is 22.3. The number of primary amides is 1. The highest BCUT2D eigenvalue weighted by atomic mass is 35.5. The maximum absolute atomic E-state index is 12.6. The van der Waals surface area contributed by atoms with Gasteiger partial charge in [-0.05, 0) is 41.8 Å².